The van der Waals surface area contributed by atoms with Crippen LogP contribution in [0.15, 0.2) is 0 Å². The lowest BCUT2D eigenvalue weighted by molar-refractivity contribution is 0.598. The molecule has 0 aliphatic carbocycles. The molecule has 2 rings (SSSR count). The van der Waals surface area contributed by atoms with E-state index in [1.165, 1.54) is 17.0 Å². The summed E-state index contributed by atoms with van der Waals surface area (Å²) in [7, 11) is 0. The second-order valence-electron chi connectivity index (χ2n) is 4.78. The van der Waals surface area contributed by atoms with Crippen LogP contribution in [0.3, 0.4) is 0 Å². The first-order chi connectivity index (χ1) is 7.72. The highest BCUT2D eigenvalue weighted by Crippen LogP contribution is 2.22. The minimum absolute atomic E-state index is 0.505. The standard InChI is InChI=1S/C13H21N3/c1-4-5-12-15-11-8-14-7-6-10(11)13(16-12)9(2)3/h9,14H,4-8H2,1-3H3. The Bertz CT molecular complexity index is 372. The predicted octanol–water partition coefficient (Wildman–Crippen LogP) is 2.20. The first-order valence-corrected chi connectivity index (χ1v) is 6.31. The Balaban J connectivity index is 2.43. The number of nitrogens with one attached hydrogen (secondary N) is 1. The van der Waals surface area contributed by atoms with Gasteiger partial charge in [-0.05, 0) is 30.9 Å². The fourth-order valence-corrected chi connectivity index (χ4v) is 2.25. The van der Waals surface area contributed by atoms with Crippen LogP contribution in [0.5, 0.6) is 0 Å². The van der Waals surface area contributed by atoms with Crippen LogP contribution in [0, 0.1) is 0 Å². The molecule has 0 saturated carbocycles. The SMILES string of the molecule is CCCc1nc2c(c(C(C)C)n1)CCNC2. The van der Waals surface area contributed by atoms with E-state index in [9.17, 15) is 0 Å². The summed E-state index contributed by atoms with van der Waals surface area (Å²) in [4.78, 5) is 9.41. The van der Waals surface area contributed by atoms with Crippen LogP contribution in [0.4, 0.5) is 0 Å². The third-order valence-corrected chi connectivity index (χ3v) is 3.04. The van der Waals surface area contributed by atoms with Crippen LogP contribution in [-0.2, 0) is 19.4 Å². The monoisotopic (exact) mass is 219 g/mol. The van der Waals surface area contributed by atoms with Gasteiger partial charge in [-0.2, -0.15) is 0 Å². The van der Waals surface area contributed by atoms with Gasteiger partial charge in [0.05, 0.1) is 11.4 Å². The van der Waals surface area contributed by atoms with E-state index in [1.807, 2.05) is 0 Å². The Kier molecular flexibility index (Phi) is 3.54. The topological polar surface area (TPSA) is 37.8 Å². The molecule has 0 amide bonds. The summed E-state index contributed by atoms with van der Waals surface area (Å²) in [5.41, 5.74) is 3.90. The number of aryl methyl sites for hydroxylation is 1. The lowest BCUT2D eigenvalue weighted by Crippen LogP contribution is -2.27. The van der Waals surface area contributed by atoms with Gasteiger partial charge >= 0.3 is 0 Å². The Labute approximate surface area is 97.7 Å². The fraction of sp³-hybridized carbons (Fsp3) is 0.692. The van der Waals surface area contributed by atoms with Gasteiger partial charge in [-0.1, -0.05) is 20.8 Å². The highest BCUT2D eigenvalue weighted by Gasteiger charge is 2.18. The Morgan fingerprint density at radius 3 is 2.81 bits per heavy atom. The Hall–Kier alpha value is -0.960. The minimum atomic E-state index is 0.505. The molecule has 0 saturated heterocycles. The molecule has 16 heavy (non-hydrogen) atoms. The summed E-state index contributed by atoms with van der Waals surface area (Å²) in [5, 5.41) is 3.39. The van der Waals surface area contributed by atoms with Gasteiger partial charge < -0.3 is 5.32 Å². The van der Waals surface area contributed by atoms with Gasteiger partial charge in [0.1, 0.15) is 5.82 Å². The van der Waals surface area contributed by atoms with Crippen molar-refractivity contribution in [1.82, 2.24) is 15.3 Å². The lowest BCUT2D eigenvalue weighted by Gasteiger charge is -2.21. The molecule has 2 heterocycles. The van der Waals surface area contributed by atoms with Crippen molar-refractivity contribution in [1.29, 1.82) is 0 Å². The van der Waals surface area contributed by atoms with Gasteiger partial charge in [0.25, 0.3) is 0 Å². The van der Waals surface area contributed by atoms with E-state index < -0.39 is 0 Å². The molecule has 88 valence electrons. The van der Waals surface area contributed by atoms with Crippen molar-refractivity contribution >= 4 is 0 Å². The summed E-state index contributed by atoms with van der Waals surface area (Å²) in [5.74, 6) is 1.53. The molecule has 0 atom stereocenters. The third kappa shape index (κ3) is 2.24. The molecule has 3 heteroatoms. The van der Waals surface area contributed by atoms with Gasteiger partial charge in [-0.15, -0.1) is 0 Å². The van der Waals surface area contributed by atoms with Crippen molar-refractivity contribution < 1.29 is 0 Å². The second-order valence-corrected chi connectivity index (χ2v) is 4.78. The van der Waals surface area contributed by atoms with Gasteiger partial charge in [0.2, 0.25) is 0 Å². The van der Waals surface area contributed by atoms with E-state index in [-0.39, 0.29) is 0 Å². The third-order valence-electron chi connectivity index (χ3n) is 3.04. The largest absolute Gasteiger partial charge is 0.311 e. The average Bonchev–Trinajstić information content (AvgIpc) is 2.28. The summed E-state index contributed by atoms with van der Waals surface area (Å²) >= 11 is 0. The summed E-state index contributed by atoms with van der Waals surface area (Å²) in [6, 6.07) is 0. The molecular weight excluding hydrogens is 198 g/mol. The molecule has 1 aliphatic heterocycles. The fourth-order valence-electron chi connectivity index (χ4n) is 2.25. The summed E-state index contributed by atoms with van der Waals surface area (Å²) in [6.45, 7) is 8.59. The maximum absolute atomic E-state index is 4.74. The van der Waals surface area contributed by atoms with Gasteiger partial charge in [-0.25, -0.2) is 9.97 Å². The molecule has 1 aliphatic rings. The minimum Gasteiger partial charge on any atom is -0.311 e. The first kappa shape index (κ1) is 11.5. The predicted molar refractivity (Wildman–Crippen MR) is 65.5 cm³/mol. The van der Waals surface area contributed by atoms with Gasteiger partial charge in [0, 0.05) is 13.0 Å². The number of aromatic nitrogens is 2. The molecule has 0 radical (unpaired) electrons. The number of fused-ring (bicyclic) bond motifs is 1. The quantitative estimate of drug-likeness (QED) is 0.847. The second kappa shape index (κ2) is 4.91. The smallest absolute Gasteiger partial charge is 0.128 e. The molecule has 1 N–H and O–H groups in total. The van der Waals surface area contributed by atoms with Crippen molar-refractivity contribution in [2.24, 2.45) is 0 Å². The number of hydrogen-bond acceptors (Lipinski definition) is 3. The first-order valence-electron chi connectivity index (χ1n) is 6.31. The van der Waals surface area contributed by atoms with Crippen LogP contribution in [-0.4, -0.2) is 16.5 Å². The van der Waals surface area contributed by atoms with Crippen LogP contribution in [0.25, 0.3) is 0 Å². The molecule has 0 unspecified atom stereocenters. The molecule has 0 bridgehead atoms. The zero-order valence-corrected chi connectivity index (χ0v) is 10.5. The van der Waals surface area contributed by atoms with Gasteiger partial charge in [0.15, 0.2) is 0 Å². The van der Waals surface area contributed by atoms with E-state index in [2.05, 4.69) is 31.1 Å². The highest BCUT2D eigenvalue weighted by molar-refractivity contribution is 5.30. The van der Waals surface area contributed by atoms with E-state index in [1.54, 1.807) is 0 Å². The van der Waals surface area contributed by atoms with Crippen LogP contribution < -0.4 is 5.32 Å². The molecule has 3 nitrogen and oxygen atoms in total. The maximum Gasteiger partial charge on any atom is 0.128 e. The van der Waals surface area contributed by atoms with E-state index >= 15 is 0 Å². The van der Waals surface area contributed by atoms with E-state index in [0.29, 0.717) is 5.92 Å². The molecule has 1 aromatic heterocycles. The highest BCUT2D eigenvalue weighted by atomic mass is 15.0. The summed E-state index contributed by atoms with van der Waals surface area (Å²) in [6.07, 6.45) is 3.19. The van der Waals surface area contributed by atoms with Crippen LogP contribution in [0.1, 0.15) is 55.9 Å². The van der Waals surface area contributed by atoms with Crippen molar-refractivity contribution in [3.63, 3.8) is 0 Å². The number of hydrogen-bond donors (Lipinski definition) is 1. The van der Waals surface area contributed by atoms with Crippen molar-refractivity contribution in [2.75, 3.05) is 6.54 Å². The lowest BCUT2D eigenvalue weighted by atomic mass is 9.97. The molecule has 1 aromatic rings. The van der Waals surface area contributed by atoms with Gasteiger partial charge in [-0.3, -0.25) is 0 Å². The molecule has 0 spiro atoms. The van der Waals surface area contributed by atoms with Crippen molar-refractivity contribution in [3.8, 4) is 0 Å². The normalized spacial score (nSPS) is 15.2. The number of rotatable bonds is 3. The van der Waals surface area contributed by atoms with E-state index in [4.69, 9.17) is 4.98 Å². The Morgan fingerprint density at radius 2 is 2.12 bits per heavy atom. The van der Waals surface area contributed by atoms with Crippen molar-refractivity contribution in [3.05, 3.63) is 22.8 Å². The molecule has 0 fully saturated rings. The van der Waals surface area contributed by atoms with Crippen LogP contribution in [0.2, 0.25) is 0 Å². The van der Waals surface area contributed by atoms with Crippen LogP contribution >= 0.6 is 0 Å². The molecule has 0 aromatic carbocycles. The Morgan fingerprint density at radius 1 is 1.31 bits per heavy atom. The molecular formula is C13H21N3. The van der Waals surface area contributed by atoms with E-state index in [0.717, 1.165) is 38.2 Å². The average molecular weight is 219 g/mol. The zero-order chi connectivity index (χ0) is 11.5. The summed E-state index contributed by atoms with van der Waals surface area (Å²) < 4.78 is 0. The maximum atomic E-state index is 4.74. The van der Waals surface area contributed by atoms with Crippen molar-refractivity contribution in [2.45, 2.75) is 52.5 Å². The zero-order valence-electron chi connectivity index (χ0n) is 10.5. The number of nitrogens with zero attached hydrogens (tertiary/aromatic N) is 2.